The summed E-state index contributed by atoms with van der Waals surface area (Å²) in [7, 11) is 1.55. The fraction of sp³-hybridized carbons (Fsp3) is 0.250. The van der Waals surface area contributed by atoms with Gasteiger partial charge in [-0.3, -0.25) is 0 Å². The molecule has 0 aliphatic carbocycles. The zero-order valence-corrected chi connectivity index (χ0v) is 4.46. The molecule has 1 aromatic heterocycles. The molecule has 42 valence electrons. The van der Waals surface area contributed by atoms with Gasteiger partial charge in [-0.05, 0) is 0 Å². The second-order valence-electron chi connectivity index (χ2n) is 1.20. The third kappa shape index (κ3) is 0.900. The molecule has 4 nitrogen and oxygen atoms in total. The summed E-state index contributed by atoms with van der Waals surface area (Å²) in [5.74, 6) is 0.517. The Balaban J connectivity index is 2.83. The van der Waals surface area contributed by atoms with Crippen LogP contribution in [0.15, 0.2) is 12.3 Å². The molecule has 1 N–H and O–H groups in total. The van der Waals surface area contributed by atoms with Crippen LogP contribution in [0.2, 0.25) is 0 Å². The highest BCUT2D eigenvalue weighted by Crippen LogP contribution is 1.94. The first-order valence-electron chi connectivity index (χ1n) is 2.17. The molecule has 0 aromatic carbocycles. The predicted molar refractivity (Wildman–Crippen MR) is 25.1 cm³/mol. The van der Waals surface area contributed by atoms with E-state index in [0.29, 0.717) is 5.88 Å². The van der Waals surface area contributed by atoms with Gasteiger partial charge in [0.25, 0.3) is 0 Å². The van der Waals surface area contributed by atoms with Crippen LogP contribution in [0.5, 0.6) is 5.88 Å². The van der Waals surface area contributed by atoms with E-state index in [1.165, 1.54) is 0 Å². The highest BCUT2D eigenvalue weighted by atomic mass is 16.5. The summed E-state index contributed by atoms with van der Waals surface area (Å²) in [5, 5.41) is 9.55. The van der Waals surface area contributed by atoms with Gasteiger partial charge in [0.05, 0.1) is 13.2 Å². The Morgan fingerprint density at radius 3 is 3.00 bits per heavy atom. The van der Waals surface area contributed by atoms with E-state index in [1.807, 2.05) is 0 Å². The van der Waals surface area contributed by atoms with Gasteiger partial charge in [0, 0.05) is 0 Å². The fourth-order valence-corrected chi connectivity index (χ4v) is 0.362. The predicted octanol–water partition coefficient (Wildman–Crippen LogP) is -0.701. The Labute approximate surface area is 46.5 Å². The van der Waals surface area contributed by atoms with Crippen molar-refractivity contribution in [3.05, 3.63) is 12.3 Å². The van der Waals surface area contributed by atoms with Crippen molar-refractivity contribution < 1.29 is 9.84 Å². The summed E-state index contributed by atoms with van der Waals surface area (Å²) in [4.78, 5) is 0. The largest absolute Gasteiger partial charge is 0.461 e. The molecule has 0 bridgehead atoms. The number of nitrogens with zero attached hydrogens (tertiary/aromatic N) is 2. The molecular weight excluding hydrogens is 106 g/mol. The van der Waals surface area contributed by atoms with Crippen LogP contribution in [0, 0.1) is 0 Å². The standard InChI is InChI=1S/C4H5N3O/c1-8-4-2-3-5-7-6-4/h2-3H,1H3/p+1. The molecule has 0 amide bonds. The highest BCUT2D eigenvalue weighted by Gasteiger charge is 1.94. The molecule has 1 heterocycles. The second-order valence-corrected chi connectivity index (χ2v) is 1.20. The zero-order valence-electron chi connectivity index (χ0n) is 4.46. The molecule has 0 unspecified atom stereocenters. The molecule has 0 radical (unpaired) electrons. The van der Waals surface area contributed by atoms with E-state index in [4.69, 9.17) is 4.74 Å². The van der Waals surface area contributed by atoms with Crippen LogP contribution in [0.25, 0.3) is 0 Å². The Bertz CT molecular complexity index is 153. The molecule has 4 heteroatoms. The first kappa shape index (κ1) is 4.96. The minimum absolute atomic E-state index is 0.517. The van der Waals surface area contributed by atoms with Crippen molar-refractivity contribution in [3.63, 3.8) is 0 Å². The monoisotopic (exact) mass is 112 g/mol. The Morgan fingerprint density at radius 1 is 1.75 bits per heavy atom. The summed E-state index contributed by atoms with van der Waals surface area (Å²) in [5.41, 5.74) is 0. The maximum Gasteiger partial charge on any atom is 0.359 e. The van der Waals surface area contributed by atoms with Gasteiger partial charge < -0.3 is 4.74 Å². The normalized spacial score (nSPS) is 8.62. The molecule has 0 saturated heterocycles. The highest BCUT2D eigenvalue weighted by molar-refractivity contribution is 4.99. The Morgan fingerprint density at radius 2 is 2.62 bits per heavy atom. The van der Waals surface area contributed by atoms with E-state index in [9.17, 15) is 0 Å². The molecular formula is C4H6N3O+. The minimum atomic E-state index is 0.517. The van der Waals surface area contributed by atoms with E-state index >= 15 is 0 Å². The third-order valence-corrected chi connectivity index (χ3v) is 0.716. The average molecular weight is 112 g/mol. The zero-order chi connectivity index (χ0) is 5.82. The van der Waals surface area contributed by atoms with Crippen molar-refractivity contribution in [2.24, 2.45) is 0 Å². The molecule has 0 aliphatic heterocycles. The molecule has 0 atom stereocenters. The molecule has 8 heavy (non-hydrogen) atoms. The maximum atomic E-state index is 4.72. The quantitative estimate of drug-likeness (QED) is 0.482. The number of ether oxygens (including phenoxy) is 1. The first-order valence-corrected chi connectivity index (χ1v) is 2.17. The first-order chi connectivity index (χ1) is 3.93. The lowest BCUT2D eigenvalue weighted by Gasteiger charge is -1.82. The molecule has 0 spiro atoms. The maximum absolute atomic E-state index is 4.72. The van der Waals surface area contributed by atoms with E-state index in [-0.39, 0.29) is 0 Å². The number of rotatable bonds is 1. The van der Waals surface area contributed by atoms with Crippen molar-refractivity contribution >= 4 is 0 Å². The van der Waals surface area contributed by atoms with Crippen molar-refractivity contribution in [3.8, 4) is 5.88 Å². The van der Waals surface area contributed by atoms with Crippen molar-refractivity contribution in [1.29, 1.82) is 0 Å². The van der Waals surface area contributed by atoms with Crippen LogP contribution in [0.4, 0.5) is 0 Å². The number of hydrogen-bond donors (Lipinski definition) is 0. The lowest BCUT2D eigenvalue weighted by Crippen LogP contribution is -2.08. The third-order valence-electron chi connectivity index (χ3n) is 0.716. The van der Waals surface area contributed by atoms with E-state index in [2.05, 4.69) is 15.4 Å². The number of aromatic amines is 1. The van der Waals surface area contributed by atoms with E-state index < -0.39 is 0 Å². The Hall–Kier alpha value is -1.19. The van der Waals surface area contributed by atoms with Crippen molar-refractivity contribution in [1.82, 2.24) is 10.3 Å². The molecule has 0 fully saturated rings. The van der Waals surface area contributed by atoms with Gasteiger partial charge in [0.15, 0.2) is 0 Å². The smallest absolute Gasteiger partial charge is 0.359 e. The number of hydrogen-bond acceptors (Lipinski definition) is 3. The van der Waals surface area contributed by atoms with Crippen LogP contribution in [-0.2, 0) is 0 Å². The topological polar surface area (TPSA) is 49.2 Å². The summed E-state index contributed by atoms with van der Waals surface area (Å²) in [6.45, 7) is 0. The van der Waals surface area contributed by atoms with Gasteiger partial charge in [0.2, 0.25) is 0 Å². The van der Waals surface area contributed by atoms with Gasteiger partial charge in [-0.15, -0.1) is 0 Å². The fourth-order valence-electron chi connectivity index (χ4n) is 0.362. The Kier molecular flexibility index (Phi) is 1.37. The van der Waals surface area contributed by atoms with Crippen LogP contribution in [0.3, 0.4) is 0 Å². The average Bonchev–Trinajstić information content (AvgIpc) is 1.90. The lowest BCUT2D eigenvalue weighted by molar-refractivity contribution is -0.464. The summed E-state index contributed by atoms with van der Waals surface area (Å²) >= 11 is 0. The number of nitrogens with one attached hydrogen (secondary N) is 1. The SMILES string of the molecule is COc1cc[nH+]nn1. The number of aromatic nitrogens is 3. The van der Waals surface area contributed by atoms with Crippen molar-refractivity contribution in [2.45, 2.75) is 0 Å². The lowest BCUT2D eigenvalue weighted by atomic mass is 10.7. The minimum Gasteiger partial charge on any atom is -0.461 e. The number of methoxy groups -OCH3 is 1. The van der Waals surface area contributed by atoms with Crippen molar-refractivity contribution in [2.75, 3.05) is 7.11 Å². The van der Waals surface area contributed by atoms with Crippen LogP contribution < -0.4 is 9.84 Å². The summed E-state index contributed by atoms with van der Waals surface area (Å²) in [6, 6.07) is 1.69. The number of H-pyrrole nitrogens is 1. The van der Waals surface area contributed by atoms with Gasteiger partial charge >= 0.3 is 5.88 Å². The molecule has 0 aliphatic rings. The summed E-state index contributed by atoms with van der Waals surface area (Å²) < 4.78 is 4.72. The van der Waals surface area contributed by atoms with Gasteiger partial charge in [-0.2, -0.15) is 5.10 Å². The second kappa shape index (κ2) is 2.20. The van der Waals surface area contributed by atoms with Crippen LogP contribution in [-0.4, -0.2) is 17.4 Å². The summed E-state index contributed by atoms with van der Waals surface area (Å²) in [6.07, 6.45) is 1.64. The molecule has 0 saturated carbocycles. The molecule has 1 rings (SSSR count). The van der Waals surface area contributed by atoms with E-state index in [1.54, 1.807) is 19.4 Å². The molecule has 1 aromatic rings. The van der Waals surface area contributed by atoms with Gasteiger partial charge in [-0.1, -0.05) is 0 Å². The van der Waals surface area contributed by atoms with Crippen LogP contribution >= 0.6 is 0 Å². The van der Waals surface area contributed by atoms with Gasteiger partial charge in [0.1, 0.15) is 16.5 Å². The van der Waals surface area contributed by atoms with Crippen LogP contribution in [0.1, 0.15) is 0 Å². The van der Waals surface area contributed by atoms with Gasteiger partial charge in [-0.25, -0.2) is 0 Å². The van der Waals surface area contributed by atoms with E-state index in [0.717, 1.165) is 0 Å².